The molecule has 25 heavy (non-hydrogen) atoms. The molecule has 1 heterocycles. The first kappa shape index (κ1) is 19.9. The third-order valence-electron chi connectivity index (χ3n) is 4.69. The summed E-state index contributed by atoms with van der Waals surface area (Å²) in [4.78, 5) is 14.9. The van der Waals surface area contributed by atoms with E-state index in [0.29, 0.717) is 30.8 Å². The van der Waals surface area contributed by atoms with Crippen LogP contribution in [-0.2, 0) is 14.8 Å². The fourth-order valence-electron chi connectivity index (χ4n) is 3.09. The number of piperidine rings is 1. The highest BCUT2D eigenvalue weighted by molar-refractivity contribution is 7.89. The lowest BCUT2D eigenvalue weighted by Gasteiger charge is -2.32. The summed E-state index contributed by atoms with van der Waals surface area (Å²) in [5.74, 6) is -0.136. The van der Waals surface area contributed by atoms with Gasteiger partial charge in [-0.05, 0) is 56.9 Å². The van der Waals surface area contributed by atoms with E-state index < -0.39 is 10.0 Å². The normalized spacial score (nSPS) is 18.6. The molecular formula is C18H28N2O4S. The van der Waals surface area contributed by atoms with Crippen LogP contribution in [0.3, 0.4) is 0 Å². The summed E-state index contributed by atoms with van der Waals surface area (Å²) in [6.45, 7) is 7.40. The lowest BCUT2D eigenvalue weighted by atomic mass is 10.0. The van der Waals surface area contributed by atoms with Gasteiger partial charge in [-0.2, -0.15) is 0 Å². The maximum absolute atomic E-state index is 12.9. The third kappa shape index (κ3) is 4.22. The predicted molar refractivity (Wildman–Crippen MR) is 97.3 cm³/mol. The van der Waals surface area contributed by atoms with Gasteiger partial charge >= 0.3 is 0 Å². The van der Waals surface area contributed by atoms with Gasteiger partial charge in [0.25, 0.3) is 5.91 Å². The lowest BCUT2D eigenvalue weighted by Crippen LogP contribution is -2.43. The van der Waals surface area contributed by atoms with Crippen molar-refractivity contribution in [2.45, 2.75) is 44.6 Å². The Hall–Kier alpha value is -1.44. The zero-order valence-electron chi connectivity index (χ0n) is 15.7. The Labute approximate surface area is 150 Å². The Balaban J connectivity index is 2.36. The van der Waals surface area contributed by atoms with Crippen molar-refractivity contribution in [3.8, 4) is 0 Å². The molecule has 0 aromatic heterocycles. The number of benzene rings is 1. The molecule has 1 unspecified atom stereocenters. The summed E-state index contributed by atoms with van der Waals surface area (Å²) in [5, 5.41) is 0. The second kappa shape index (κ2) is 7.85. The zero-order valence-corrected chi connectivity index (χ0v) is 16.5. The topological polar surface area (TPSA) is 66.9 Å². The SMILES string of the molecule is CCOC1CCCN(C(=O)c2cc(C)c(C)c(S(=O)(=O)N(C)C)c2)C1. The van der Waals surface area contributed by atoms with Crippen molar-refractivity contribution in [2.75, 3.05) is 33.8 Å². The van der Waals surface area contributed by atoms with Crippen LogP contribution in [-0.4, -0.2) is 63.4 Å². The van der Waals surface area contributed by atoms with Crippen molar-refractivity contribution in [1.82, 2.24) is 9.21 Å². The standard InChI is InChI=1S/C18H28N2O4S/c1-6-24-16-8-7-9-20(12-16)18(21)15-10-13(2)14(3)17(11-15)25(22,23)19(4)5/h10-11,16H,6-9,12H2,1-5H3. The van der Waals surface area contributed by atoms with Gasteiger partial charge in [-0.3, -0.25) is 4.79 Å². The molecule has 0 saturated carbocycles. The number of ether oxygens (including phenoxy) is 1. The van der Waals surface area contributed by atoms with Crippen LogP contribution >= 0.6 is 0 Å². The van der Waals surface area contributed by atoms with Crippen LogP contribution in [0, 0.1) is 13.8 Å². The van der Waals surface area contributed by atoms with Crippen LogP contribution in [0.25, 0.3) is 0 Å². The number of amides is 1. The van der Waals surface area contributed by atoms with Gasteiger partial charge in [-0.1, -0.05) is 0 Å². The maximum Gasteiger partial charge on any atom is 0.253 e. The molecule has 140 valence electrons. The summed E-state index contributed by atoms with van der Waals surface area (Å²) in [6.07, 6.45) is 1.90. The van der Waals surface area contributed by atoms with Crippen LogP contribution in [0.4, 0.5) is 0 Å². The number of hydrogen-bond donors (Lipinski definition) is 0. The molecule has 0 spiro atoms. The summed E-state index contributed by atoms with van der Waals surface area (Å²) >= 11 is 0. The van der Waals surface area contributed by atoms with Crippen molar-refractivity contribution in [2.24, 2.45) is 0 Å². The molecule has 1 saturated heterocycles. The number of hydrogen-bond acceptors (Lipinski definition) is 4. The molecule has 1 aromatic rings. The van der Waals surface area contributed by atoms with Crippen LogP contribution in [0.1, 0.15) is 41.3 Å². The molecule has 1 atom stereocenters. The van der Waals surface area contributed by atoms with Gasteiger partial charge in [0.1, 0.15) is 0 Å². The fourth-order valence-corrected chi connectivity index (χ4v) is 4.31. The van der Waals surface area contributed by atoms with Gasteiger partial charge in [0.05, 0.1) is 11.0 Å². The van der Waals surface area contributed by atoms with Gasteiger partial charge in [0.2, 0.25) is 10.0 Å². The van der Waals surface area contributed by atoms with E-state index in [4.69, 9.17) is 4.74 Å². The summed E-state index contributed by atoms with van der Waals surface area (Å²) in [5.41, 5.74) is 1.89. The Morgan fingerprint density at radius 3 is 2.60 bits per heavy atom. The molecule has 0 aliphatic carbocycles. The van der Waals surface area contributed by atoms with Crippen molar-refractivity contribution >= 4 is 15.9 Å². The lowest BCUT2D eigenvalue weighted by molar-refractivity contribution is 0.00723. The fraction of sp³-hybridized carbons (Fsp3) is 0.611. The monoisotopic (exact) mass is 368 g/mol. The number of carbonyl (C=O) groups excluding carboxylic acids is 1. The van der Waals surface area contributed by atoms with Crippen LogP contribution in [0.2, 0.25) is 0 Å². The van der Waals surface area contributed by atoms with E-state index in [1.54, 1.807) is 17.9 Å². The molecule has 7 heteroatoms. The Bertz CT molecular complexity index is 742. The van der Waals surface area contributed by atoms with E-state index in [2.05, 4.69) is 0 Å². The molecule has 1 aromatic carbocycles. The molecule has 0 bridgehead atoms. The largest absolute Gasteiger partial charge is 0.377 e. The zero-order chi connectivity index (χ0) is 18.8. The first-order chi connectivity index (χ1) is 11.7. The van der Waals surface area contributed by atoms with Crippen LogP contribution in [0.5, 0.6) is 0 Å². The smallest absolute Gasteiger partial charge is 0.253 e. The van der Waals surface area contributed by atoms with Crippen LogP contribution < -0.4 is 0 Å². The molecule has 1 aliphatic heterocycles. The number of likely N-dealkylation sites (tertiary alicyclic amines) is 1. The van der Waals surface area contributed by atoms with Crippen molar-refractivity contribution in [3.05, 3.63) is 28.8 Å². The summed E-state index contributed by atoms with van der Waals surface area (Å²) in [6, 6.07) is 3.28. The highest BCUT2D eigenvalue weighted by Gasteiger charge is 2.27. The number of carbonyl (C=O) groups is 1. The molecule has 2 rings (SSSR count). The van der Waals surface area contributed by atoms with Crippen molar-refractivity contribution in [1.29, 1.82) is 0 Å². The van der Waals surface area contributed by atoms with Gasteiger partial charge < -0.3 is 9.64 Å². The van der Waals surface area contributed by atoms with E-state index in [1.165, 1.54) is 24.5 Å². The summed E-state index contributed by atoms with van der Waals surface area (Å²) in [7, 11) is -0.606. The molecule has 0 N–H and O–H groups in total. The minimum atomic E-state index is -3.60. The minimum Gasteiger partial charge on any atom is -0.377 e. The number of sulfonamides is 1. The van der Waals surface area contributed by atoms with E-state index >= 15 is 0 Å². The number of rotatable bonds is 5. The first-order valence-electron chi connectivity index (χ1n) is 8.63. The van der Waals surface area contributed by atoms with E-state index in [-0.39, 0.29) is 16.9 Å². The second-order valence-electron chi connectivity index (χ2n) is 6.67. The van der Waals surface area contributed by atoms with E-state index in [1.807, 2.05) is 13.8 Å². The molecule has 0 radical (unpaired) electrons. The third-order valence-corrected chi connectivity index (χ3v) is 6.63. The number of aryl methyl sites for hydroxylation is 1. The first-order valence-corrected chi connectivity index (χ1v) is 10.1. The average Bonchev–Trinajstić information content (AvgIpc) is 2.56. The average molecular weight is 368 g/mol. The van der Waals surface area contributed by atoms with Gasteiger partial charge in [-0.25, -0.2) is 12.7 Å². The number of nitrogens with zero attached hydrogens (tertiary/aromatic N) is 2. The maximum atomic E-state index is 12.9. The van der Waals surface area contributed by atoms with Crippen LogP contribution in [0.15, 0.2) is 17.0 Å². The second-order valence-corrected chi connectivity index (χ2v) is 8.79. The Kier molecular flexibility index (Phi) is 6.24. The molecule has 6 nitrogen and oxygen atoms in total. The molecular weight excluding hydrogens is 340 g/mol. The van der Waals surface area contributed by atoms with Gasteiger partial charge in [0, 0.05) is 39.4 Å². The summed E-state index contributed by atoms with van der Waals surface area (Å²) < 4.78 is 32.0. The Morgan fingerprint density at radius 2 is 2.00 bits per heavy atom. The predicted octanol–water partition coefficient (Wildman–Crippen LogP) is 2.19. The highest BCUT2D eigenvalue weighted by Crippen LogP contribution is 2.25. The van der Waals surface area contributed by atoms with Gasteiger partial charge in [-0.15, -0.1) is 0 Å². The van der Waals surface area contributed by atoms with Gasteiger partial charge in [0.15, 0.2) is 0 Å². The van der Waals surface area contributed by atoms with Crippen molar-refractivity contribution < 1.29 is 17.9 Å². The molecule has 1 amide bonds. The minimum absolute atomic E-state index is 0.0548. The Morgan fingerprint density at radius 1 is 1.32 bits per heavy atom. The highest BCUT2D eigenvalue weighted by atomic mass is 32.2. The molecule has 1 fully saturated rings. The van der Waals surface area contributed by atoms with Crippen molar-refractivity contribution in [3.63, 3.8) is 0 Å². The molecule has 1 aliphatic rings. The van der Waals surface area contributed by atoms with E-state index in [9.17, 15) is 13.2 Å². The quantitative estimate of drug-likeness (QED) is 0.799. The van der Waals surface area contributed by atoms with E-state index in [0.717, 1.165) is 18.4 Å².